The van der Waals surface area contributed by atoms with Gasteiger partial charge >= 0.3 is 0 Å². The lowest BCUT2D eigenvalue weighted by Crippen LogP contribution is -2.53. The average Bonchev–Trinajstić information content (AvgIpc) is 3.40. The number of nitrogens with zero attached hydrogens (tertiary/aromatic N) is 2. The zero-order valence-corrected chi connectivity index (χ0v) is 21.6. The van der Waals surface area contributed by atoms with Crippen molar-refractivity contribution in [2.75, 3.05) is 25.1 Å². The molecule has 3 aromatic rings. The Labute approximate surface area is 224 Å². The van der Waals surface area contributed by atoms with Crippen LogP contribution in [0, 0.1) is 22.0 Å². The van der Waals surface area contributed by atoms with Crippen molar-refractivity contribution in [3.8, 4) is 5.75 Å². The number of aromatic nitrogens is 2. The highest BCUT2D eigenvalue weighted by molar-refractivity contribution is 7.93. The standard InChI is InChI=1S/C26H27N5O7S/c27-24(32)21-3-1-2-9-26(21,38-19-13-18-6-10-28-25(18)30-16-19)39(35,36)20-4-5-22(23(14-20)31(33)34)29-15-17-7-11-37-12-8-17/h1-6,9-10,13-14,16-17,21,29H,7-8,11-12,15H2,(H2,27,32)(H,28,30). The molecule has 0 radical (unpaired) electrons. The molecule has 2 atom stereocenters. The molecule has 2 aromatic heterocycles. The number of benzene rings is 1. The van der Waals surface area contributed by atoms with Crippen LogP contribution < -0.4 is 15.8 Å². The molecule has 0 saturated carbocycles. The number of nitrogens with two attached hydrogens (primary N) is 1. The summed E-state index contributed by atoms with van der Waals surface area (Å²) in [6.45, 7) is 1.74. The second-order valence-corrected chi connectivity index (χ2v) is 11.5. The average molecular weight is 554 g/mol. The Hall–Kier alpha value is -4.23. The maximum Gasteiger partial charge on any atom is 0.293 e. The number of pyridine rings is 1. The summed E-state index contributed by atoms with van der Waals surface area (Å²) in [6.07, 6.45) is 10.1. The first-order valence-corrected chi connectivity index (χ1v) is 13.8. The third-order valence-corrected chi connectivity index (χ3v) is 9.14. The number of amides is 1. The van der Waals surface area contributed by atoms with Gasteiger partial charge in [-0.1, -0.05) is 18.2 Å². The topological polar surface area (TPSA) is 180 Å². The van der Waals surface area contributed by atoms with Crippen LogP contribution in [-0.2, 0) is 19.4 Å². The van der Waals surface area contributed by atoms with E-state index in [1.807, 2.05) is 0 Å². The van der Waals surface area contributed by atoms with Gasteiger partial charge in [0.25, 0.3) is 5.69 Å². The van der Waals surface area contributed by atoms with E-state index in [4.69, 9.17) is 15.2 Å². The van der Waals surface area contributed by atoms with Crippen LogP contribution in [0.25, 0.3) is 11.0 Å². The van der Waals surface area contributed by atoms with Gasteiger partial charge in [-0.3, -0.25) is 14.9 Å². The lowest BCUT2D eigenvalue weighted by Gasteiger charge is -2.36. The van der Waals surface area contributed by atoms with E-state index in [-0.39, 0.29) is 17.4 Å². The van der Waals surface area contributed by atoms with Gasteiger partial charge in [0.15, 0.2) is 0 Å². The van der Waals surface area contributed by atoms with Crippen molar-refractivity contribution in [2.24, 2.45) is 17.6 Å². The summed E-state index contributed by atoms with van der Waals surface area (Å²) in [4.78, 5) is 28.3. The molecule has 3 heterocycles. The molecule has 4 N–H and O–H groups in total. The van der Waals surface area contributed by atoms with Crippen LogP contribution >= 0.6 is 0 Å². The van der Waals surface area contributed by atoms with E-state index >= 15 is 0 Å². The Morgan fingerprint density at radius 2 is 2.05 bits per heavy atom. The van der Waals surface area contributed by atoms with Crippen LogP contribution in [0.2, 0.25) is 0 Å². The van der Waals surface area contributed by atoms with Crippen LogP contribution in [0.3, 0.4) is 0 Å². The Morgan fingerprint density at radius 3 is 2.79 bits per heavy atom. The zero-order chi connectivity index (χ0) is 27.6. The van der Waals surface area contributed by atoms with Crippen LogP contribution in [-0.4, -0.2) is 53.9 Å². The van der Waals surface area contributed by atoms with Crippen molar-refractivity contribution in [3.63, 3.8) is 0 Å². The zero-order valence-electron chi connectivity index (χ0n) is 20.8. The molecule has 1 fully saturated rings. The third-order valence-electron chi connectivity index (χ3n) is 6.95. The van der Waals surface area contributed by atoms with Gasteiger partial charge in [0, 0.05) is 37.4 Å². The molecule has 13 heteroatoms. The summed E-state index contributed by atoms with van der Waals surface area (Å²) in [5.41, 5.74) is 5.97. The van der Waals surface area contributed by atoms with Crippen LogP contribution in [0.5, 0.6) is 5.75 Å². The summed E-state index contributed by atoms with van der Waals surface area (Å²) < 4.78 is 39.9. The smallest absolute Gasteiger partial charge is 0.293 e. The number of aromatic amines is 1. The highest BCUT2D eigenvalue weighted by Gasteiger charge is 2.54. The summed E-state index contributed by atoms with van der Waals surface area (Å²) in [5, 5.41) is 15.7. The van der Waals surface area contributed by atoms with Gasteiger partial charge in [-0.2, -0.15) is 0 Å². The molecule has 39 heavy (non-hydrogen) atoms. The molecule has 1 aliphatic heterocycles. The van der Waals surface area contributed by atoms with E-state index in [0.717, 1.165) is 18.9 Å². The van der Waals surface area contributed by atoms with Gasteiger partial charge in [0.2, 0.25) is 20.7 Å². The Kier molecular flexibility index (Phi) is 7.10. The van der Waals surface area contributed by atoms with E-state index in [2.05, 4.69) is 15.3 Å². The number of nitrogens with one attached hydrogen (secondary N) is 2. The van der Waals surface area contributed by atoms with Crippen molar-refractivity contribution in [1.82, 2.24) is 9.97 Å². The van der Waals surface area contributed by atoms with E-state index in [0.29, 0.717) is 30.8 Å². The normalized spacial score (nSPS) is 21.6. The maximum absolute atomic E-state index is 14.2. The predicted octanol–water partition coefficient (Wildman–Crippen LogP) is 3.09. The quantitative estimate of drug-likeness (QED) is 0.265. The fraction of sp³-hybridized carbons (Fsp3) is 0.308. The number of carbonyl (C=O) groups excluding carboxylic acids is 1. The number of sulfone groups is 1. The maximum atomic E-state index is 14.2. The summed E-state index contributed by atoms with van der Waals surface area (Å²) >= 11 is 0. The molecule has 1 amide bonds. The van der Waals surface area contributed by atoms with E-state index in [9.17, 15) is 23.3 Å². The first-order valence-electron chi connectivity index (χ1n) is 12.3. The Bertz CT molecular complexity index is 1580. The SMILES string of the molecule is NC(=O)C1C=CC=CC1(Oc1cnc2[nH]ccc2c1)S(=O)(=O)c1ccc(NCC2CCOCC2)c([N+](=O)[O-])c1. The number of hydrogen-bond acceptors (Lipinski definition) is 9. The van der Waals surface area contributed by atoms with Crippen LogP contribution in [0.4, 0.5) is 11.4 Å². The van der Waals surface area contributed by atoms with E-state index in [1.165, 1.54) is 42.6 Å². The number of hydrogen-bond donors (Lipinski definition) is 3. The number of carbonyl (C=O) groups is 1. The molecule has 2 aliphatic rings. The molecule has 1 aliphatic carbocycles. The highest BCUT2D eigenvalue weighted by atomic mass is 32.2. The summed E-state index contributed by atoms with van der Waals surface area (Å²) in [7, 11) is -4.61. The minimum atomic E-state index is -4.61. The minimum absolute atomic E-state index is 0.0705. The predicted molar refractivity (Wildman–Crippen MR) is 143 cm³/mol. The van der Waals surface area contributed by atoms with Gasteiger partial charge in [0.1, 0.15) is 23.0 Å². The van der Waals surface area contributed by atoms with Gasteiger partial charge in [0.05, 0.1) is 16.0 Å². The van der Waals surface area contributed by atoms with Crippen molar-refractivity contribution < 1.29 is 27.6 Å². The van der Waals surface area contributed by atoms with Crippen molar-refractivity contribution in [2.45, 2.75) is 22.7 Å². The number of primary amides is 1. The molecular formula is C26H27N5O7S. The number of nitro groups is 1. The molecule has 1 aromatic carbocycles. The third kappa shape index (κ3) is 4.98. The summed E-state index contributed by atoms with van der Waals surface area (Å²) in [6, 6.07) is 6.90. The van der Waals surface area contributed by atoms with Gasteiger partial charge in [-0.05, 0) is 49.1 Å². The largest absolute Gasteiger partial charge is 0.464 e. The van der Waals surface area contributed by atoms with E-state index < -0.39 is 42.1 Å². The van der Waals surface area contributed by atoms with E-state index in [1.54, 1.807) is 18.3 Å². The molecule has 12 nitrogen and oxygen atoms in total. The van der Waals surface area contributed by atoms with Gasteiger partial charge in [-0.15, -0.1) is 0 Å². The number of ether oxygens (including phenoxy) is 2. The molecule has 204 valence electrons. The minimum Gasteiger partial charge on any atom is -0.464 e. The highest BCUT2D eigenvalue weighted by Crippen LogP contribution is 2.41. The lowest BCUT2D eigenvalue weighted by atomic mass is 9.96. The molecule has 0 spiro atoms. The first-order chi connectivity index (χ1) is 18.7. The Balaban J connectivity index is 1.55. The number of rotatable bonds is 9. The second-order valence-electron chi connectivity index (χ2n) is 9.41. The molecule has 0 bridgehead atoms. The van der Waals surface area contributed by atoms with Crippen LogP contribution in [0.1, 0.15) is 12.8 Å². The Morgan fingerprint density at radius 1 is 1.26 bits per heavy atom. The first kappa shape index (κ1) is 26.4. The molecule has 5 rings (SSSR count). The number of H-pyrrole nitrogens is 1. The lowest BCUT2D eigenvalue weighted by molar-refractivity contribution is -0.384. The second kappa shape index (κ2) is 10.5. The van der Waals surface area contributed by atoms with Crippen molar-refractivity contribution >= 4 is 38.2 Å². The monoisotopic (exact) mass is 553 g/mol. The van der Waals surface area contributed by atoms with Gasteiger partial charge in [-0.25, -0.2) is 13.4 Å². The number of anilines is 1. The molecule has 2 unspecified atom stereocenters. The summed E-state index contributed by atoms with van der Waals surface area (Å²) in [5.74, 6) is -2.03. The van der Waals surface area contributed by atoms with Crippen molar-refractivity contribution in [1.29, 1.82) is 0 Å². The van der Waals surface area contributed by atoms with Crippen LogP contribution in [0.15, 0.2) is 71.9 Å². The number of nitro benzene ring substituents is 1. The molecular weight excluding hydrogens is 526 g/mol. The molecule has 1 saturated heterocycles. The number of allylic oxidation sites excluding steroid dienone is 2. The fourth-order valence-electron chi connectivity index (χ4n) is 4.83. The van der Waals surface area contributed by atoms with Gasteiger partial charge < -0.3 is 25.5 Å². The van der Waals surface area contributed by atoms with Crippen molar-refractivity contribution in [3.05, 3.63) is 77.1 Å². The fourth-order valence-corrected chi connectivity index (χ4v) is 6.71. The number of fused-ring (bicyclic) bond motifs is 1.